The SMILES string of the molecule is CC(C(=O)NCC(F)(F)F)c1ccccc1. The molecule has 16 heavy (non-hydrogen) atoms. The summed E-state index contributed by atoms with van der Waals surface area (Å²) < 4.78 is 35.6. The number of benzene rings is 1. The van der Waals surface area contributed by atoms with E-state index in [1.165, 1.54) is 0 Å². The van der Waals surface area contributed by atoms with E-state index in [0.29, 0.717) is 5.56 Å². The number of nitrogens with one attached hydrogen (secondary N) is 1. The molecule has 0 spiro atoms. The van der Waals surface area contributed by atoms with Crippen LogP contribution in [-0.4, -0.2) is 18.6 Å². The molecule has 1 amide bonds. The molecule has 88 valence electrons. The Morgan fingerprint density at radius 1 is 1.31 bits per heavy atom. The van der Waals surface area contributed by atoms with Gasteiger partial charge in [0.25, 0.3) is 0 Å². The summed E-state index contributed by atoms with van der Waals surface area (Å²) >= 11 is 0. The third kappa shape index (κ3) is 3.92. The summed E-state index contributed by atoms with van der Waals surface area (Å²) in [5.74, 6) is -1.20. The van der Waals surface area contributed by atoms with Crippen molar-refractivity contribution in [3.63, 3.8) is 0 Å². The number of alkyl halides is 3. The van der Waals surface area contributed by atoms with E-state index in [1.54, 1.807) is 37.3 Å². The van der Waals surface area contributed by atoms with Crippen LogP contribution in [0.3, 0.4) is 0 Å². The highest BCUT2D eigenvalue weighted by Crippen LogP contribution is 2.16. The van der Waals surface area contributed by atoms with Crippen LogP contribution in [0.1, 0.15) is 18.4 Å². The van der Waals surface area contributed by atoms with Gasteiger partial charge in [0.1, 0.15) is 6.54 Å². The summed E-state index contributed by atoms with van der Waals surface area (Å²) in [4.78, 5) is 11.4. The van der Waals surface area contributed by atoms with Crippen LogP contribution in [0.2, 0.25) is 0 Å². The standard InChI is InChI=1S/C11H12F3NO/c1-8(9-5-3-2-4-6-9)10(16)15-7-11(12,13)14/h2-6,8H,7H2,1H3,(H,15,16). The van der Waals surface area contributed by atoms with E-state index in [0.717, 1.165) is 0 Å². The maximum Gasteiger partial charge on any atom is 0.405 e. The van der Waals surface area contributed by atoms with Crippen LogP contribution in [0, 0.1) is 0 Å². The van der Waals surface area contributed by atoms with Gasteiger partial charge in [-0.2, -0.15) is 13.2 Å². The monoisotopic (exact) mass is 231 g/mol. The summed E-state index contributed by atoms with van der Waals surface area (Å²) in [5.41, 5.74) is 0.696. The molecule has 1 aromatic rings. The average Bonchev–Trinajstić information content (AvgIpc) is 2.25. The van der Waals surface area contributed by atoms with E-state index >= 15 is 0 Å². The molecule has 0 radical (unpaired) electrons. The predicted molar refractivity (Wildman–Crippen MR) is 53.9 cm³/mol. The number of carbonyl (C=O) groups excluding carboxylic acids is 1. The van der Waals surface area contributed by atoms with Gasteiger partial charge in [-0.3, -0.25) is 4.79 Å². The fraction of sp³-hybridized carbons (Fsp3) is 0.364. The number of halogens is 3. The molecule has 1 atom stereocenters. The van der Waals surface area contributed by atoms with Crippen molar-refractivity contribution in [1.29, 1.82) is 0 Å². The van der Waals surface area contributed by atoms with Crippen LogP contribution < -0.4 is 5.32 Å². The molecule has 0 saturated heterocycles. The topological polar surface area (TPSA) is 29.1 Å². The van der Waals surface area contributed by atoms with Crippen molar-refractivity contribution in [2.45, 2.75) is 19.0 Å². The van der Waals surface area contributed by atoms with Gasteiger partial charge in [-0.15, -0.1) is 0 Å². The lowest BCUT2D eigenvalue weighted by molar-refractivity contribution is -0.139. The van der Waals surface area contributed by atoms with Crippen molar-refractivity contribution in [2.75, 3.05) is 6.54 Å². The summed E-state index contributed by atoms with van der Waals surface area (Å²) in [7, 11) is 0. The lowest BCUT2D eigenvalue weighted by atomic mass is 10.0. The third-order valence-electron chi connectivity index (χ3n) is 2.16. The molecular weight excluding hydrogens is 219 g/mol. The molecule has 0 bridgehead atoms. The minimum atomic E-state index is -4.37. The molecule has 1 N–H and O–H groups in total. The van der Waals surface area contributed by atoms with Crippen LogP contribution in [-0.2, 0) is 4.79 Å². The van der Waals surface area contributed by atoms with Crippen LogP contribution in [0.15, 0.2) is 30.3 Å². The second kappa shape index (κ2) is 5.01. The van der Waals surface area contributed by atoms with Crippen LogP contribution in [0.4, 0.5) is 13.2 Å². The van der Waals surface area contributed by atoms with Crippen molar-refractivity contribution in [3.8, 4) is 0 Å². The maximum absolute atomic E-state index is 11.9. The van der Waals surface area contributed by atoms with Crippen molar-refractivity contribution in [1.82, 2.24) is 5.32 Å². The van der Waals surface area contributed by atoms with E-state index in [1.807, 2.05) is 5.32 Å². The molecule has 1 aromatic carbocycles. The minimum Gasteiger partial charge on any atom is -0.346 e. The van der Waals surface area contributed by atoms with Gasteiger partial charge in [-0.05, 0) is 12.5 Å². The Hall–Kier alpha value is -1.52. The van der Waals surface area contributed by atoms with Crippen molar-refractivity contribution >= 4 is 5.91 Å². The average molecular weight is 231 g/mol. The lowest BCUT2D eigenvalue weighted by Crippen LogP contribution is -2.36. The number of amides is 1. The van der Waals surface area contributed by atoms with Gasteiger partial charge in [0.15, 0.2) is 0 Å². The largest absolute Gasteiger partial charge is 0.405 e. The predicted octanol–water partition coefficient (Wildman–Crippen LogP) is 2.47. The Balaban J connectivity index is 2.55. The van der Waals surface area contributed by atoms with Gasteiger partial charge in [-0.1, -0.05) is 30.3 Å². The molecule has 0 aromatic heterocycles. The van der Waals surface area contributed by atoms with E-state index in [4.69, 9.17) is 0 Å². The molecule has 5 heteroatoms. The molecule has 0 aliphatic rings. The van der Waals surface area contributed by atoms with Gasteiger partial charge in [-0.25, -0.2) is 0 Å². The number of rotatable bonds is 3. The smallest absolute Gasteiger partial charge is 0.346 e. The van der Waals surface area contributed by atoms with Crippen molar-refractivity contribution in [2.24, 2.45) is 0 Å². The zero-order valence-corrected chi connectivity index (χ0v) is 8.71. The first-order chi connectivity index (χ1) is 7.40. The molecule has 0 aliphatic heterocycles. The third-order valence-corrected chi connectivity index (χ3v) is 2.16. The molecule has 2 nitrogen and oxygen atoms in total. The fourth-order valence-electron chi connectivity index (χ4n) is 1.23. The zero-order valence-electron chi connectivity index (χ0n) is 8.71. The number of hydrogen-bond donors (Lipinski definition) is 1. The van der Waals surface area contributed by atoms with E-state index < -0.39 is 24.5 Å². The molecule has 1 rings (SSSR count). The molecular formula is C11H12F3NO. The number of hydrogen-bond acceptors (Lipinski definition) is 1. The summed E-state index contributed by atoms with van der Waals surface area (Å²) in [6.45, 7) is 0.282. The van der Waals surface area contributed by atoms with Gasteiger partial charge in [0.05, 0.1) is 5.92 Å². The summed E-state index contributed by atoms with van der Waals surface area (Å²) in [6, 6.07) is 8.67. The molecule has 0 saturated carbocycles. The van der Waals surface area contributed by atoms with Gasteiger partial charge >= 0.3 is 6.18 Å². The quantitative estimate of drug-likeness (QED) is 0.850. The Kier molecular flexibility index (Phi) is 3.93. The van der Waals surface area contributed by atoms with Gasteiger partial charge in [0, 0.05) is 0 Å². The Labute approximate surface area is 91.5 Å². The Morgan fingerprint density at radius 3 is 2.38 bits per heavy atom. The second-order valence-corrected chi connectivity index (χ2v) is 3.47. The summed E-state index contributed by atoms with van der Waals surface area (Å²) in [6.07, 6.45) is -4.37. The zero-order chi connectivity index (χ0) is 12.2. The van der Waals surface area contributed by atoms with E-state index in [-0.39, 0.29) is 0 Å². The van der Waals surface area contributed by atoms with Crippen LogP contribution >= 0.6 is 0 Å². The first-order valence-corrected chi connectivity index (χ1v) is 4.79. The first kappa shape index (κ1) is 12.5. The Bertz CT molecular complexity index is 348. The van der Waals surface area contributed by atoms with E-state index in [9.17, 15) is 18.0 Å². The molecule has 0 aliphatic carbocycles. The highest BCUT2D eigenvalue weighted by Gasteiger charge is 2.28. The molecule has 1 unspecified atom stereocenters. The van der Waals surface area contributed by atoms with Crippen molar-refractivity contribution < 1.29 is 18.0 Å². The van der Waals surface area contributed by atoms with Crippen LogP contribution in [0.5, 0.6) is 0 Å². The maximum atomic E-state index is 11.9. The normalized spacial score (nSPS) is 13.2. The minimum absolute atomic E-state index is 0.580. The highest BCUT2D eigenvalue weighted by molar-refractivity contribution is 5.83. The van der Waals surface area contributed by atoms with E-state index in [2.05, 4.69) is 0 Å². The Morgan fingerprint density at radius 2 is 1.88 bits per heavy atom. The van der Waals surface area contributed by atoms with Gasteiger partial charge < -0.3 is 5.32 Å². The molecule has 0 fully saturated rings. The highest BCUT2D eigenvalue weighted by atomic mass is 19.4. The summed E-state index contributed by atoms with van der Waals surface area (Å²) in [5, 5.41) is 1.86. The van der Waals surface area contributed by atoms with Crippen molar-refractivity contribution in [3.05, 3.63) is 35.9 Å². The fourth-order valence-corrected chi connectivity index (χ4v) is 1.23. The lowest BCUT2D eigenvalue weighted by Gasteiger charge is -2.13. The number of carbonyl (C=O) groups is 1. The van der Waals surface area contributed by atoms with Gasteiger partial charge in [0.2, 0.25) is 5.91 Å². The molecule has 0 heterocycles. The second-order valence-electron chi connectivity index (χ2n) is 3.47. The van der Waals surface area contributed by atoms with Crippen LogP contribution in [0.25, 0.3) is 0 Å². The first-order valence-electron chi connectivity index (χ1n) is 4.79.